The maximum absolute atomic E-state index is 12.5. The molecule has 0 atom stereocenters. The lowest BCUT2D eigenvalue weighted by Crippen LogP contribution is -2.05. The van der Waals surface area contributed by atoms with Gasteiger partial charge in [0.15, 0.2) is 5.78 Å². The molecule has 0 amide bonds. The molecule has 0 aliphatic carbocycles. The van der Waals surface area contributed by atoms with E-state index in [2.05, 4.69) is 0 Å². The molecule has 0 spiro atoms. The van der Waals surface area contributed by atoms with Gasteiger partial charge in [-0.05, 0) is 24.3 Å². The van der Waals surface area contributed by atoms with Gasteiger partial charge in [-0.25, -0.2) is 0 Å². The van der Waals surface area contributed by atoms with Crippen LogP contribution in [0.1, 0.15) is 15.9 Å². The Morgan fingerprint density at radius 2 is 1.25 bits per heavy atom. The van der Waals surface area contributed by atoms with Crippen LogP contribution in [0.2, 0.25) is 0 Å². The summed E-state index contributed by atoms with van der Waals surface area (Å²) in [5.41, 5.74) is 0.601. The molecule has 0 saturated heterocycles. The molecular formula is C15H14O5. The minimum atomic E-state index is -0.321. The van der Waals surface area contributed by atoms with Gasteiger partial charge in [0.1, 0.15) is 23.0 Å². The van der Waals surface area contributed by atoms with Crippen LogP contribution in [0.4, 0.5) is 0 Å². The zero-order valence-electron chi connectivity index (χ0n) is 11.1. The molecule has 5 heteroatoms. The molecule has 0 fully saturated rings. The second-order valence-electron chi connectivity index (χ2n) is 4.10. The van der Waals surface area contributed by atoms with Crippen molar-refractivity contribution >= 4 is 5.78 Å². The van der Waals surface area contributed by atoms with Crippen molar-refractivity contribution in [2.24, 2.45) is 0 Å². The molecule has 20 heavy (non-hydrogen) atoms. The first-order valence-corrected chi connectivity index (χ1v) is 5.85. The van der Waals surface area contributed by atoms with Gasteiger partial charge in [0.25, 0.3) is 0 Å². The molecule has 5 nitrogen and oxygen atoms in total. The molecule has 0 saturated carbocycles. The second kappa shape index (κ2) is 5.52. The predicted molar refractivity (Wildman–Crippen MR) is 72.8 cm³/mol. The van der Waals surface area contributed by atoms with E-state index in [-0.39, 0.29) is 28.8 Å². The van der Waals surface area contributed by atoms with Crippen molar-refractivity contribution in [1.82, 2.24) is 0 Å². The normalized spacial score (nSPS) is 10.1. The van der Waals surface area contributed by atoms with E-state index in [9.17, 15) is 15.0 Å². The van der Waals surface area contributed by atoms with Gasteiger partial charge >= 0.3 is 0 Å². The second-order valence-corrected chi connectivity index (χ2v) is 4.10. The van der Waals surface area contributed by atoms with Gasteiger partial charge in [0.05, 0.1) is 25.3 Å². The first-order chi connectivity index (χ1) is 9.56. The van der Waals surface area contributed by atoms with Crippen LogP contribution in [0.5, 0.6) is 23.0 Å². The summed E-state index contributed by atoms with van der Waals surface area (Å²) in [7, 11) is 2.83. The molecule has 2 rings (SSSR count). The Labute approximate surface area is 116 Å². The third-order valence-corrected chi connectivity index (χ3v) is 2.86. The summed E-state index contributed by atoms with van der Waals surface area (Å²) >= 11 is 0. The van der Waals surface area contributed by atoms with Gasteiger partial charge in [-0.1, -0.05) is 0 Å². The quantitative estimate of drug-likeness (QED) is 0.837. The van der Waals surface area contributed by atoms with Crippen molar-refractivity contribution in [2.75, 3.05) is 14.2 Å². The molecule has 0 aliphatic heterocycles. The number of benzene rings is 2. The molecule has 0 radical (unpaired) electrons. The van der Waals surface area contributed by atoms with E-state index in [0.29, 0.717) is 11.1 Å². The Morgan fingerprint density at radius 3 is 1.60 bits per heavy atom. The monoisotopic (exact) mass is 274 g/mol. The standard InChI is InChI=1S/C15H14O5/c1-19-13-7-9(16)3-5-11(13)15(18)12-6-4-10(17)8-14(12)20-2/h3-8,16-17H,1-2H3. The molecule has 104 valence electrons. The van der Waals surface area contributed by atoms with Crippen LogP contribution in [-0.2, 0) is 0 Å². The van der Waals surface area contributed by atoms with Crippen molar-refractivity contribution in [3.8, 4) is 23.0 Å². The number of methoxy groups -OCH3 is 2. The van der Waals surface area contributed by atoms with E-state index in [0.717, 1.165) is 0 Å². The van der Waals surface area contributed by atoms with E-state index in [1.807, 2.05) is 0 Å². The van der Waals surface area contributed by atoms with E-state index in [1.54, 1.807) is 0 Å². The maximum atomic E-state index is 12.5. The Balaban J connectivity index is 2.51. The molecule has 0 heterocycles. The third-order valence-electron chi connectivity index (χ3n) is 2.86. The number of rotatable bonds is 4. The number of hydrogen-bond acceptors (Lipinski definition) is 5. The highest BCUT2D eigenvalue weighted by Gasteiger charge is 2.19. The number of aromatic hydroxyl groups is 2. The molecule has 2 aromatic carbocycles. The molecule has 0 aromatic heterocycles. The van der Waals surface area contributed by atoms with Crippen LogP contribution >= 0.6 is 0 Å². The van der Waals surface area contributed by atoms with E-state index < -0.39 is 0 Å². The van der Waals surface area contributed by atoms with Crippen LogP contribution in [0.25, 0.3) is 0 Å². The summed E-state index contributed by atoms with van der Waals surface area (Å²) < 4.78 is 10.2. The minimum absolute atomic E-state index is 0.0103. The van der Waals surface area contributed by atoms with Gasteiger partial charge in [-0.15, -0.1) is 0 Å². The van der Waals surface area contributed by atoms with Crippen molar-refractivity contribution in [3.63, 3.8) is 0 Å². The summed E-state index contributed by atoms with van der Waals surface area (Å²) in [5.74, 6) is 0.237. The number of ether oxygens (including phenoxy) is 2. The van der Waals surface area contributed by atoms with Gasteiger partial charge in [0.2, 0.25) is 0 Å². The van der Waals surface area contributed by atoms with E-state index in [1.165, 1.54) is 50.6 Å². The van der Waals surface area contributed by atoms with E-state index >= 15 is 0 Å². The number of phenols is 2. The Bertz CT molecular complexity index is 593. The lowest BCUT2D eigenvalue weighted by atomic mass is 10.0. The van der Waals surface area contributed by atoms with Gasteiger partial charge < -0.3 is 19.7 Å². The van der Waals surface area contributed by atoms with Crippen molar-refractivity contribution < 1.29 is 24.5 Å². The number of hydrogen-bond donors (Lipinski definition) is 2. The summed E-state index contributed by atoms with van der Waals surface area (Å²) in [6.45, 7) is 0. The molecule has 2 aromatic rings. The summed E-state index contributed by atoms with van der Waals surface area (Å²) in [6, 6.07) is 8.48. The molecule has 0 unspecified atom stereocenters. The summed E-state index contributed by atoms with van der Waals surface area (Å²) in [4.78, 5) is 12.5. The van der Waals surface area contributed by atoms with Crippen molar-refractivity contribution in [3.05, 3.63) is 47.5 Å². The minimum Gasteiger partial charge on any atom is -0.508 e. The molecule has 0 bridgehead atoms. The number of phenolic OH excluding ortho intramolecular Hbond substituents is 2. The summed E-state index contributed by atoms with van der Waals surface area (Å²) in [6.07, 6.45) is 0. The average Bonchev–Trinajstić information content (AvgIpc) is 2.46. The van der Waals surface area contributed by atoms with E-state index in [4.69, 9.17) is 9.47 Å². The highest BCUT2D eigenvalue weighted by molar-refractivity contribution is 6.12. The zero-order valence-corrected chi connectivity index (χ0v) is 11.1. The van der Waals surface area contributed by atoms with Crippen molar-refractivity contribution in [1.29, 1.82) is 0 Å². The van der Waals surface area contributed by atoms with Gasteiger partial charge in [-0.3, -0.25) is 4.79 Å². The predicted octanol–water partition coefficient (Wildman–Crippen LogP) is 2.35. The molecule has 0 aliphatic rings. The topological polar surface area (TPSA) is 76.0 Å². The Morgan fingerprint density at radius 1 is 0.850 bits per heavy atom. The smallest absolute Gasteiger partial charge is 0.200 e. The van der Waals surface area contributed by atoms with Crippen LogP contribution in [0.3, 0.4) is 0 Å². The fourth-order valence-corrected chi connectivity index (χ4v) is 1.88. The molecule has 2 N–H and O–H groups in total. The highest BCUT2D eigenvalue weighted by atomic mass is 16.5. The van der Waals surface area contributed by atoms with Gasteiger partial charge in [0, 0.05) is 12.1 Å². The van der Waals surface area contributed by atoms with Crippen molar-refractivity contribution in [2.45, 2.75) is 0 Å². The first-order valence-electron chi connectivity index (χ1n) is 5.85. The lowest BCUT2D eigenvalue weighted by molar-refractivity contribution is 0.103. The number of carbonyl (C=O) groups excluding carboxylic acids is 1. The van der Waals surface area contributed by atoms with Crippen LogP contribution in [0, 0.1) is 0 Å². The zero-order chi connectivity index (χ0) is 14.7. The van der Waals surface area contributed by atoms with Crippen LogP contribution < -0.4 is 9.47 Å². The summed E-state index contributed by atoms with van der Waals surface area (Å²) in [5, 5.41) is 18.8. The average molecular weight is 274 g/mol. The van der Waals surface area contributed by atoms with Crippen LogP contribution in [0.15, 0.2) is 36.4 Å². The first kappa shape index (κ1) is 13.7. The molecular weight excluding hydrogens is 260 g/mol. The number of ketones is 1. The fraction of sp³-hybridized carbons (Fsp3) is 0.133. The van der Waals surface area contributed by atoms with Gasteiger partial charge in [-0.2, -0.15) is 0 Å². The van der Waals surface area contributed by atoms with Crippen LogP contribution in [-0.4, -0.2) is 30.2 Å². The maximum Gasteiger partial charge on any atom is 0.200 e. The highest BCUT2D eigenvalue weighted by Crippen LogP contribution is 2.30. The largest absolute Gasteiger partial charge is 0.508 e. The lowest BCUT2D eigenvalue weighted by Gasteiger charge is -2.11. The fourth-order valence-electron chi connectivity index (χ4n) is 1.88. The third kappa shape index (κ3) is 2.51. The Kier molecular flexibility index (Phi) is 3.79. The Hall–Kier alpha value is -2.69. The SMILES string of the molecule is COc1cc(O)ccc1C(=O)c1ccc(O)cc1OC. The number of carbonyl (C=O) groups is 1.